The van der Waals surface area contributed by atoms with Gasteiger partial charge in [0.2, 0.25) is 5.91 Å². The van der Waals surface area contributed by atoms with Crippen LogP contribution in [-0.4, -0.2) is 39.6 Å². The Morgan fingerprint density at radius 2 is 2.18 bits per heavy atom. The van der Waals surface area contributed by atoms with Crippen LogP contribution in [0.5, 0.6) is 0 Å². The zero-order chi connectivity index (χ0) is 15.2. The standard InChI is InChI=1S/C18H19NO2S/c1-2-10-22-16-17(20)19(12-13-6-4-3-5-7-13)18(16)11-14-8-9-15(18)21-14/h2-9,14-16H,1,10-12H2/t14-,15+,16-,18+/m1/s1. The average Bonchev–Trinajstić information content (AvgIpc) is 3.16. The number of rotatable bonds is 5. The summed E-state index contributed by atoms with van der Waals surface area (Å²) < 4.78 is 6.01. The Morgan fingerprint density at radius 3 is 2.82 bits per heavy atom. The van der Waals surface area contributed by atoms with Gasteiger partial charge in [0.05, 0.1) is 11.6 Å². The molecule has 3 heterocycles. The molecule has 0 aliphatic carbocycles. The number of fused-ring (bicyclic) bond motifs is 3. The largest absolute Gasteiger partial charge is 0.364 e. The summed E-state index contributed by atoms with van der Waals surface area (Å²) in [5.41, 5.74) is 1.01. The van der Waals surface area contributed by atoms with Crippen molar-refractivity contribution in [2.75, 3.05) is 5.75 Å². The minimum atomic E-state index is -0.167. The average molecular weight is 313 g/mol. The van der Waals surface area contributed by atoms with Crippen molar-refractivity contribution < 1.29 is 9.53 Å². The highest BCUT2D eigenvalue weighted by Gasteiger charge is 2.68. The van der Waals surface area contributed by atoms with Crippen LogP contribution in [0.15, 0.2) is 55.1 Å². The second-order valence-corrected chi connectivity index (χ2v) is 7.23. The molecule has 0 saturated carbocycles. The van der Waals surface area contributed by atoms with Gasteiger partial charge in [-0.1, -0.05) is 48.6 Å². The molecule has 3 nitrogen and oxygen atoms in total. The number of carbonyl (C=O) groups is 1. The first-order chi connectivity index (χ1) is 10.8. The van der Waals surface area contributed by atoms with Crippen LogP contribution in [0.3, 0.4) is 0 Å². The molecule has 114 valence electrons. The lowest BCUT2D eigenvalue weighted by Crippen LogP contribution is -2.76. The normalized spacial score (nSPS) is 35.2. The summed E-state index contributed by atoms with van der Waals surface area (Å²) in [6.45, 7) is 4.45. The molecule has 1 spiro atoms. The van der Waals surface area contributed by atoms with Crippen molar-refractivity contribution in [3.05, 3.63) is 60.7 Å². The number of amides is 1. The van der Waals surface area contributed by atoms with Crippen LogP contribution in [0.1, 0.15) is 12.0 Å². The fourth-order valence-corrected chi connectivity index (χ4v) is 5.11. The number of β-lactam (4-membered cyclic amide) rings is 1. The summed E-state index contributed by atoms with van der Waals surface area (Å²) in [5, 5.41) is -0.00541. The van der Waals surface area contributed by atoms with Crippen molar-refractivity contribution in [3.63, 3.8) is 0 Å². The van der Waals surface area contributed by atoms with Gasteiger partial charge in [-0.2, -0.15) is 0 Å². The molecule has 1 amide bonds. The molecule has 1 aromatic rings. The maximum Gasteiger partial charge on any atom is 0.239 e. The van der Waals surface area contributed by atoms with Gasteiger partial charge in [0, 0.05) is 18.7 Å². The first kappa shape index (κ1) is 14.1. The van der Waals surface area contributed by atoms with E-state index in [2.05, 4.69) is 30.9 Å². The lowest BCUT2D eigenvalue weighted by atomic mass is 9.73. The number of carbonyl (C=O) groups excluding carboxylic acids is 1. The van der Waals surface area contributed by atoms with E-state index in [1.807, 2.05) is 29.2 Å². The predicted molar refractivity (Wildman–Crippen MR) is 88.6 cm³/mol. The monoisotopic (exact) mass is 313 g/mol. The van der Waals surface area contributed by atoms with Crippen molar-refractivity contribution in [2.24, 2.45) is 0 Å². The number of hydrogen-bond donors (Lipinski definition) is 0. The van der Waals surface area contributed by atoms with Crippen molar-refractivity contribution in [1.82, 2.24) is 4.90 Å². The lowest BCUT2D eigenvalue weighted by molar-refractivity contribution is -0.159. The van der Waals surface area contributed by atoms with E-state index in [0.29, 0.717) is 6.54 Å². The number of ether oxygens (including phenoxy) is 1. The van der Waals surface area contributed by atoms with Gasteiger partial charge in [0.15, 0.2) is 0 Å². The second kappa shape index (κ2) is 5.28. The van der Waals surface area contributed by atoms with Crippen LogP contribution in [0, 0.1) is 0 Å². The molecule has 0 N–H and O–H groups in total. The Hall–Kier alpha value is -1.52. The molecule has 0 aromatic heterocycles. The van der Waals surface area contributed by atoms with E-state index in [0.717, 1.165) is 12.2 Å². The molecular weight excluding hydrogens is 294 g/mol. The topological polar surface area (TPSA) is 29.5 Å². The van der Waals surface area contributed by atoms with Gasteiger partial charge >= 0.3 is 0 Å². The van der Waals surface area contributed by atoms with E-state index in [1.54, 1.807) is 11.8 Å². The molecule has 0 unspecified atom stereocenters. The van der Waals surface area contributed by atoms with Crippen LogP contribution in [0.4, 0.5) is 0 Å². The van der Waals surface area contributed by atoms with Crippen LogP contribution < -0.4 is 0 Å². The van der Waals surface area contributed by atoms with Gasteiger partial charge in [0.1, 0.15) is 11.4 Å². The summed E-state index contributed by atoms with van der Waals surface area (Å²) in [6, 6.07) is 10.2. The van der Waals surface area contributed by atoms with Crippen molar-refractivity contribution in [3.8, 4) is 0 Å². The second-order valence-electron chi connectivity index (χ2n) is 6.09. The Balaban J connectivity index is 1.62. The Bertz CT molecular complexity index is 629. The summed E-state index contributed by atoms with van der Waals surface area (Å²) in [6.07, 6.45) is 7.27. The van der Waals surface area contributed by atoms with Crippen LogP contribution in [0.2, 0.25) is 0 Å². The Morgan fingerprint density at radius 1 is 1.36 bits per heavy atom. The number of hydrogen-bond acceptors (Lipinski definition) is 3. The fourth-order valence-electron chi connectivity index (χ4n) is 3.87. The lowest BCUT2D eigenvalue weighted by Gasteiger charge is -2.57. The van der Waals surface area contributed by atoms with Crippen molar-refractivity contribution >= 4 is 17.7 Å². The summed E-state index contributed by atoms with van der Waals surface area (Å²) >= 11 is 1.70. The third-order valence-electron chi connectivity index (χ3n) is 4.85. The third-order valence-corrected chi connectivity index (χ3v) is 6.23. The highest BCUT2D eigenvalue weighted by Crippen LogP contribution is 2.54. The van der Waals surface area contributed by atoms with Gasteiger partial charge in [-0.3, -0.25) is 4.79 Å². The smallest absolute Gasteiger partial charge is 0.239 e. The van der Waals surface area contributed by atoms with Gasteiger partial charge in [-0.25, -0.2) is 0 Å². The van der Waals surface area contributed by atoms with Gasteiger partial charge in [-0.05, 0) is 5.56 Å². The van der Waals surface area contributed by atoms with Crippen LogP contribution >= 0.6 is 11.8 Å². The van der Waals surface area contributed by atoms with Crippen molar-refractivity contribution in [1.29, 1.82) is 0 Å². The Kier molecular flexibility index (Phi) is 3.39. The molecule has 1 aromatic carbocycles. The highest BCUT2D eigenvalue weighted by atomic mass is 32.2. The zero-order valence-electron chi connectivity index (χ0n) is 12.4. The molecule has 4 heteroatoms. The van der Waals surface area contributed by atoms with Gasteiger partial charge in [0.25, 0.3) is 0 Å². The number of thioether (sulfide) groups is 1. The first-order valence-corrected chi connectivity index (χ1v) is 8.72. The summed E-state index contributed by atoms with van der Waals surface area (Å²) in [4.78, 5) is 14.7. The van der Waals surface area contributed by atoms with Crippen LogP contribution in [-0.2, 0) is 16.1 Å². The molecule has 4 atom stereocenters. The van der Waals surface area contributed by atoms with E-state index in [1.165, 1.54) is 5.56 Å². The quantitative estimate of drug-likeness (QED) is 0.618. The molecule has 3 aliphatic rings. The van der Waals surface area contributed by atoms with Gasteiger partial charge < -0.3 is 9.64 Å². The van der Waals surface area contributed by atoms with Crippen LogP contribution in [0.25, 0.3) is 0 Å². The summed E-state index contributed by atoms with van der Waals surface area (Å²) in [7, 11) is 0. The fraction of sp³-hybridized carbons (Fsp3) is 0.389. The number of nitrogens with zero attached hydrogens (tertiary/aromatic N) is 1. The highest BCUT2D eigenvalue weighted by molar-refractivity contribution is 8.00. The SMILES string of the molecule is C=CCS[C@@H]1C(=O)N(Cc2ccccc2)[C@]12C[C@H]1C=C[C@@H]2O1. The minimum absolute atomic E-state index is 0.00541. The predicted octanol–water partition coefficient (Wildman–Crippen LogP) is 2.78. The maximum absolute atomic E-state index is 12.7. The van der Waals surface area contributed by atoms with E-state index < -0.39 is 0 Å². The van der Waals surface area contributed by atoms with E-state index in [4.69, 9.17) is 4.74 Å². The molecule has 2 fully saturated rings. The molecule has 2 saturated heterocycles. The Labute approximate surface area is 135 Å². The molecular formula is C18H19NO2S. The molecule has 3 aliphatic heterocycles. The molecule has 4 rings (SSSR count). The number of benzene rings is 1. The van der Waals surface area contributed by atoms with E-state index in [9.17, 15) is 4.79 Å². The molecule has 0 radical (unpaired) electrons. The summed E-state index contributed by atoms with van der Waals surface area (Å²) in [5.74, 6) is 1.04. The molecule has 22 heavy (non-hydrogen) atoms. The first-order valence-electron chi connectivity index (χ1n) is 7.67. The van der Waals surface area contributed by atoms with Crippen molar-refractivity contribution in [2.45, 2.75) is 36.0 Å². The van der Waals surface area contributed by atoms with E-state index in [-0.39, 0.29) is 28.9 Å². The third kappa shape index (κ3) is 1.90. The van der Waals surface area contributed by atoms with Gasteiger partial charge in [-0.15, -0.1) is 18.3 Å². The molecule has 2 bridgehead atoms. The van der Waals surface area contributed by atoms with E-state index >= 15 is 0 Å². The minimum Gasteiger partial charge on any atom is -0.364 e. The zero-order valence-corrected chi connectivity index (χ0v) is 13.2. The number of likely N-dealkylation sites (tertiary alicyclic amines) is 1. The maximum atomic E-state index is 12.7.